The Morgan fingerprint density at radius 1 is 1.07 bits per heavy atom. The number of rotatable bonds is 7. The van der Waals surface area contributed by atoms with Gasteiger partial charge in [-0.3, -0.25) is 9.69 Å². The summed E-state index contributed by atoms with van der Waals surface area (Å²) in [6, 6.07) is 15.3. The maximum Gasteiger partial charge on any atom is 0.251 e. The first-order valence-electron chi connectivity index (χ1n) is 9.76. The smallest absolute Gasteiger partial charge is 0.251 e. The molecule has 0 saturated carbocycles. The fourth-order valence-electron chi connectivity index (χ4n) is 3.44. The highest BCUT2D eigenvalue weighted by atomic mass is 35.5. The van der Waals surface area contributed by atoms with Crippen molar-refractivity contribution in [3.63, 3.8) is 0 Å². The van der Waals surface area contributed by atoms with E-state index in [4.69, 9.17) is 16.3 Å². The molecule has 0 aliphatic carbocycles. The molecule has 0 bridgehead atoms. The molecule has 0 unspecified atom stereocenters. The highest BCUT2D eigenvalue weighted by Gasteiger charge is 2.24. The lowest BCUT2D eigenvalue weighted by atomic mass is 10.0. The average molecular weight is 402 g/mol. The molecule has 1 N–H and O–H groups in total. The highest BCUT2D eigenvalue weighted by molar-refractivity contribution is 6.30. The van der Waals surface area contributed by atoms with Gasteiger partial charge in [0.05, 0.1) is 12.6 Å². The van der Waals surface area contributed by atoms with E-state index < -0.39 is 0 Å². The lowest BCUT2D eigenvalue weighted by Gasteiger charge is -2.38. The van der Waals surface area contributed by atoms with E-state index in [1.54, 1.807) is 12.1 Å². The highest BCUT2D eigenvalue weighted by Crippen LogP contribution is 2.23. The van der Waals surface area contributed by atoms with Gasteiger partial charge >= 0.3 is 0 Å². The molecule has 1 atom stereocenters. The molecule has 6 heteroatoms. The zero-order chi connectivity index (χ0) is 19.9. The maximum absolute atomic E-state index is 12.6. The molecule has 0 radical (unpaired) electrons. The number of amides is 1. The quantitative estimate of drug-likeness (QED) is 0.771. The van der Waals surface area contributed by atoms with E-state index in [1.165, 1.54) is 5.56 Å². The summed E-state index contributed by atoms with van der Waals surface area (Å²) in [5.74, 6) is 0.701. The SMILES string of the molecule is CCOc1ccc(C(=O)NC[C@@H](c2ccc(Cl)cc2)N2CCN(C)CC2)cc1. The number of carbonyl (C=O) groups is 1. The molecule has 28 heavy (non-hydrogen) atoms. The van der Waals surface area contributed by atoms with Gasteiger partial charge in [-0.05, 0) is 55.9 Å². The number of nitrogens with one attached hydrogen (secondary N) is 1. The van der Waals surface area contributed by atoms with Crippen molar-refractivity contribution < 1.29 is 9.53 Å². The molecular weight excluding hydrogens is 374 g/mol. The zero-order valence-electron chi connectivity index (χ0n) is 16.5. The first-order chi connectivity index (χ1) is 13.6. The van der Waals surface area contributed by atoms with E-state index in [0.717, 1.165) is 37.0 Å². The van der Waals surface area contributed by atoms with Crippen molar-refractivity contribution in [2.45, 2.75) is 13.0 Å². The van der Waals surface area contributed by atoms with Crippen LogP contribution in [-0.4, -0.2) is 62.1 Å². The molecule has 1 aliphatic rings. The summed E-state index contributed by atoms with van der Waals surface area (Å²) >= 11 is 6.06. The predicted molar refractivity (Wildman–Crippen MR) is 113 cm³/mol. The molecule has 0 aromatic heterocycles. The van der Waals surface area contributed by atoms with Gasteiger partial charge in [0.15, 0.2) is 0 Å². The van der Waals surface area contributed by atoms with Crippen molar-refractivity contribution in [1.82, 2.24) is 15.1 Å². The Balaban J connectivity index is 1.68. The van der Waals surface area contributed by atoms with Crippen LogP contribution in [0, 0.1) is 0 Å². The van der Waals surface area contributed by atoms with Crippen molar-refractivity contribution in [3.05, 3.63) is 64.7 Å². The molecule has 1 fully saturated rings. The van der Waals surface area contributed by atoms with Gasteiger partial charge in [0.2, 0.25) is 0 Å². The lowest BCUT2D eigenvalue weighted by Crippen LogP contribution is -2.48. The zero-order valence-corrected chi connectivity index (χ0v) is 17.3. The van der Waals surface area contributed by atoms with Crippen LogP contribution in [0.1, 0.15) is 28.9 Å². The van der Waals surface area contributed by atoms with Crippen LogP contribution in [0.5, 0.6) is 5.75 Å². The second-order valence-electron chi connectivity index (χ2n) is 7.07. The number of hydrogen-bond acceptors (Lipinski definition) is 4. The number of nitrogens with zero attached hydrogens (tertiary/aromatic N) is 2. The number of ether oxygens (including phenoxy) is 1. The number of halogens is 1. The molecule has 150 valence electrons. The number of carbonyl (C=O) groups excluding carboxylic acids is 1. The third-order valence-corrected chi connectivity index (χ3v) is 5.37. The monoisotopic (exact) mass is 401 g/mol. The minimum atomic E-state index is -0.0730. The Kier molecular flexibility index (Phi) is 7.31. The minimum Gasteiger partial charge on any atom is -0.494 e. The van der Waals surface area contributed by atoms with Crippen LogP contribution in [0.25, 0.3) is 0 Å². The number of benzene rings is 2. The van der Waals surface area contributed by atoms with E-state index in [1.807, 2.05) is 43.3 Å². The van der Waals surface area contributed by atoms with E-state index in [-0.39, 0.29) is 11.9 Å². The molecule has 1 heterocycles. The molecule has 2 aromatic carbocycles. The molecule has 1 amide bonds. The Morgan fingerprint density at radius 2 is 1.71 bits per heavy atom. The van der Waals surface area contributed by atoms with Gasteiger partial charge in [-0.1, -0.05) is 23.7 Å². The van der Waals surface area contributed by atoms with E-state index in [2.05, 4.69) is 22.2 Å². The molecule has 1 aliphatic heterocycles. The molecule has 0 spiro atoms. The van der Waals surface area contributed by atoms with Gasteiger partial charge in [-0.25, -0.2) is 0 Å². The van der Waals surface area contributed by atoms with Gasteiger partial charge in [0, 0.05) is 43.3 Å². The topological polar surface area (TPSA) is 44.8 Å². The molecule has 3 rings (SSSR count). The van der Waals surface area contributed by atoms with Crippen molar-refractivity contribution in [2.75, 3.05) is 46.4 Å². The van der Waals surface area contributed by atoms with E-state index >= 15 is 0 Å². The largest absolute Gasteiger partial charge is 0.494 e. The Hall–Kier alpha value is -2.08. The normalized spacial score (nSPS) is 16.5. The second kappa shape index (κ2) is 9.92. The summed E-state index contributed by atoms with van der Waals surface area (Å²) in [4.78, 5) is 17.4. The summed E-state index contributed by atoms with van der Waals surface area (Å²) < 4.78 is 5.44. The van der Waals surface area contributed by atoms with Crippen LogP contribution in [-0.2, 0) is 0 Å². The van der Waals surface area contributed by atoms with Crippen LogP contribution in [0.3, 0.4) is 0 Å². The number of likely N-dealkylation sites (N-methyl/N-ethyl adjacent to an activating group) is 1. The Morgan fingerprint density at radius 3 is 2.32 bits per heavy atom. The summed E-state index contributed by atoms with van der Waals surface area (Å²) in [6.45, 7) is 7.10. The molecule has 5 nitrogen and oxygen atoms in total. The van der Waals surface area contributed by atoms with Crippen LogP contribution in [0.2, 0.25) is 5.02 Å². The van der Waals surface area contributed by atoms with Crippen LogP contribution >= 0.6 is 11.6 Å². The van der Waals surface area contributed by atoms with Crippen molar-refractivity contribution in [2.24, 2.45) is 0 Å². The minimum absolute atomic E-state index is 0.0730. The van der Waals surface area contributed by atoms with Gasteiger partial charge in [-0.2, -0.15) is 0 Å². The third kappa shape index (κ3) is 5.47. The molecule has 2 aromatic rings. The van der Waals surface area contributed by atoms with E-state index in [9.17, 15) is 4.79 Å². The van der Waals surface area contributed by atoms with Gasteiger partial charge < -0.3 is 15.0 Å². The van der Waals surface area contributed by atoms with Crippen LogP contribution in [0.4, 0.5) is 0 Å². The standard InChI is InChI=1S/C22H28ClN3O2/c1-3-28-20-10-6-18(7-11-20)22(27)24-16-21(17-4-8-19(23)9-5-17)26-14-12-25(2)13-15-26/h4-11,21H,3,12-16H2,1-2H3,(H,24,27)/t21-/m0/s1. The summed E-state index contributed by atoms with van der Waals surface area (Å²) in [5.41, 5.74) is 1.80. The van der Waals surface area contributed by atoms with Crippen molar-refractivity contribution in [3.8, 4) is 5.75 Å². The molecular formula is C22H28ClN3O2. The fourth-order valence-corrected chi connectivity index (χ4v) is 3.56. The summed E-state index contributed by atoms with van der Waals surface area (Å²) in [6.07, 6.45) is 0. The number of hydrogen-bond donors (Lipinski definition) is 1. The van der Waals surface area contributed by atoms with Crippen LogP contribution in [0.15, 0.2) is 48.5 Å². The first kappa shape index (κ1) is 20.6. The predicted octanol–water partition coefficient (Wildman–Crippen LogP) is 3.46. The van der Waals surface area contributed by atoms with Crippen molar-refractivity contribution >= 4 is 17.5 Å². The lowest BCUT2D eigenvalue weighted by molar-refractivity contribution is 0.0886. The number of piperazine rings is 1. The van der Waals surface area contributed by atoms with Crippen molar-refractivity contribution in [1.29, 1.82) is 0 Å². The average Bonchev–Trinajstić information content (AvgIpc) is 2.71. The van der Waals surface area contributed by atoms with Gasteiger partial charge in [0.25, 0.3) is 5.91 Å². The third-order valence-electron chi connectivity index (χ3n) is 5.12. The first-order valence-corrected chi connectivity index (χ1v) is 10.1. The second-order valence-corrected chi connectivity index (χ2v) is 7.51. The Labute approximate surface area is 172 Å². The Bertz CT molecular complexity index is 756. The van der Waals surface area contributed by atoms with Gasteiger partial charge in [-0.15, -0.1) is 0 Å². The summed E-state index contributed by atoms with van der Waals surface area (Å²) in [5, 5.41) is 3.83. The summed E-state index contributed by atoms with van der Waals surface area (Å²) in [7, 11) is 2.14. The molecule has 1 saturated heterocycles. The maximum atomic E-state index is 12.6. The van der Waals surface area contributed by atoms with E-state index in [0.29, 0.717) is 18.7 Å². The fraction of sp³-hybridized carbons (Fsp3) is 0.409. The van der Waals surface area contributed by atoms with Crippen LogP contribution < -0.4 is 10.1 Å². The van der Waals surface area contributed by atoms with Gasteiger partial charge in [0.1, 0.15) is 5.75 Å².